The predicted octanol–water partition coefficient (Wildman–Crippen LogP) is 3.96. The van der Waals surface area contributed by atoms with E-state index in [1.807, 2.05) is 48.5 Å². The van der Waals surface area contributed by atoms with E-state index in [9.17, 15) is 14.4 Å². The summed E-state index contributed by atoms with van der Waals surface area (Å²) < 4.78 is 6.82. The average molecular weight is 516 g/mol. The number of aromatic nitrogens is 2. The molecule has 0 spiro atoms. The van der Waals surface area contributed by atoms with Gasteiger partial charge in [0.15, 0.2) is 5.69 Å². The highest BCUT2D eigenvalue weighted by Crippen LogP contribution is 2.39. The molecule has 198 valence electrons. The van der Waals surface area contributed by atoms with Crippen LogP contribution in [0.2, 0.25) is 0 Å². The molecule has 1 aliphatic carbocycles. The monoisotopic (exact) mass is 515 g/mol. The highest BCUT2D eigenvalue weighted by molar-refractivity contribution is 6.11. The predicted molar refractivity (Wildman–Crippen MR) is 143 cm³/mol. The molecule has 0 saturated heterocycles. The molecule has 1 aromatic heterocycles. The van der Waals surface area contributed by atoms with E-state index in [0.717, 1.165) is 24.2 Å². The van der Waals surface area contributed by atoms with Gasteiger partial charge in [0.05, 0.1) is 20.0 Å². The van der Waals surface area contributed by atoms with Gasteiger partial charge >= 0.3 is 0 Å². The maximum atomic E-state index is 13.8. The van der Waals surface area contributed by atoms with Crippen molar-refractivity contribution in [1.82, 2.24) is 19.8 Å². The number of hydrogen-bond acceptors (Lipinski definition) is 5. The third-order valence-corrected chi connectivity index (χ3v) is 7.33. The fraction of sp³-hybridized carbons (Fsp3) is 0.379. The van der Waals surface area contributed by atoms with Gasteiger partial charge < -0.3 is 24.8 Å². The first kappa shape index (κ1) is 25.5. The van der Waals surface area contributed by atoms with Crippen molar-refractivity contribution in [3.05, 3.63) is 77.4 Å². The zero-order valence-electron chi connectivity index (χ0n) is 22.2. The van der Waals surface area contributed by atoms with E-state index in [0.29, 0.717) is 18.2 Å². The van der Waals surface area contributed by atoms with Gasteiger partial charge in [-0.1, -0.05) is 38.1 Å². The number of methoxy groups -OCH3 is 1. The molecule has 1 fully saturated rings. The number of imidazole rings is 1. The highest BCUT2D eigenvalue weighted by Gasteiger charge is 2.53. The van der Waals surface area contributed by atoms with Gasteiger partial charge in [0.25, 0.3) is 11.8 Å². The largest absolute Gasteiger partial charge is 0.497 e. The number of nitrogens with zero attached hydrogens (tertiary/aromatic N) is 3. The molecule has 2 N–H and O–H groups in total. The Bertz CT molecular complexity index is 1360. The van der Waals surface area contributed by atoms with E-state index in [-0.39, 0.29) is 35.8 Å². The number of nitrogens with one attached hydrogen (secondary N) is 2. The van der Waals surface area contributed by atoms with Crippen LogP contribution in [0.15, 0.2) is 54.9 Å². The first-order valence-electron chi connectivity index (χ1n) is 12.9. The maximum absolute atomic E-state index is 13.8. The molecule has 5 rings (SSSR count). The highest BCUT2D eigenvalue weighted by atomic mass is 16.5. The van der Waals surface area contributed by atoms with Gasteiger partial charge in [-0.05, 0) is 61.1 Å². The maximum Gasteiger partial charge on any atom is 0.276 e. The standard InChI is InChI=1S/C29H33N5O4/c1-18(2)20-7-9-21(10-8-20)32-26(35)24-25-27(36)34(22-11-12-22)29(3,16-33(25)17-31-24)28(37)30-15-19-5-13-23(38-4)14-6-19/h5-10,13-14,17-18,22H,11-12,15-16H2,1-4H3,(H,30,37)(H,32,35)/t29-/m0/s1. The van der Waals surface area contributed by atoms with Gasteiger partial charge in [-0.25, -0.2) is 4.98 Å². The Kier molecular flexibility index (Phi) is 6.69. The van der Waals surface area contributed by atoms with Crippen molar-refractivity contribution in [2.45, 2.75) is 64.2 Å². The van der Waals surface area contributed by atoms with Crippen molar-refractivity contribution in [3.63, 3.8) is 0 Å². The third kappa shape index (κ3) is 4.76. The molecule has 3 aromatic rings. The molecule has 38 heavy (non-hydrogen) atoms. The van der Waals surface area contributed by atoms with Gasteiger partial charge in [0.2, 0.25) is 5.91 Å². The van der Waals surface area contributed by atoms with E-state index in [1.54, 1.807) is 23.5 Å². The molecule has 0 unspecified atom stereocenters. The van der Waals surface area contributed by atoms with E-state index in [1.165, 1.54) is 11.9 Å². The van der Waals surface area contributed by atoms with E-state index in [4.69, 9.17) is 4.74 Å². The number of carbonyl (C=O) groups excluding carboxylic acids is 3. The molecule has 1 atom stereocenters. The SMILES string of the molecule is COc1ccc(CNC(=O)[C@]2(C)Cn3cnc(C(=O)Nc4ccc(C(C)C)cc4)c3C(=O)N2C2CC2)cc1. The number of ether oxygens (including phenoxy) is 1. The fourth-order valence-electron chi connectivity index (χ4n) is 4.98. The topological polar surface area (TPSA) is 106 Å². The summed E-state index contributed by atoms with van der Waals surface area (Å²) in [7, 11) is 1.60. The summed E-state index contributed by atoms with van der Waals surface area (Å²) in [4.78, 5) is 46.5. The van der Waals surface area contributed by atoms with Crippen LogP contribution >= 0.6 is 0 Å². The number of amides is 3. The number of rotatable bonds is 8. The molecule has 2 aliphatic rings. The van der Waals surface area contributed by atoms with E-state index in [2.05, 4.69) is 29.5 Å². The van der Waals surface area contributed by atoms with Crippen molar-refractivity contribution >= 4 is 23.4 Å². The van der Waals surface area contributed by atoms with Gasteiger partial charge in [0.1, 0.15) is 17.0 Å². The summed E-state index contributed by atoms with van der Waals surface area (Å²) >= 11 is 0. The first-order chi connectivity index (χ1) is 18.2. The van der Waals surface area contributed by atoms with Crippen molar-refractivity contribution in [2.24, 2.45) is 0 Å². The second kappa shape index (κ2) is 9.96. The Morgan fingerprint density at radius 1 is 1.11 bits per heavy atom. The summed E-state index contributed by atoms with van der Waals surface area (Å²) in [5.74, 6) is 0.0778. The minimum atomic E-state index is -1.11. The zero-order valence-corrected chi connectivity index (χ0v) is 22.2. The number of carbonyl (C=O) groups is 3. The molecule has 0 bridgehead atoms. The Morgan fingerprint density at radius 3 is 2.39 bits per heavy atom. The summed E-state index contributed by atoms with van der Waals surface area (Å²) in [5, 5.41) is 5.86. The molecule has 2 heterocycles. The lowest BCUT2D eigenvalue weighted by atomic mass is 9.93. The van der Waals surface area contributed by atoms with Crippen molar-refractivity contribution < 1.29 is 19.1 Å². The summed E-state index contributed by atoms with van der Waals surface area (Å²) in [6.45, 7) is 6.53. The fourth-order valence-corrected chi connectivity index (χ4v) is 4.98. The van der Waals surface area contributed by atoms with Crippen LogP contribution < -0.4 is 15.4 Å². The first-order valence-corrected chi connectivity index (χ1v) is 12.9. The number of hydrogen-bond donors (Lipinski definition) is 2. The van der Waals surface area contributed by atoms with E-state index < -0.39 is 11.4 Å². The van der Waals surface area contributed by atoms with Crippen molar-refractivity contribution in [1.29, 1.82) is 0 Å². The molecular formula is C29H33N5O4. The normalized spacial score (nSPS) is 18.8. The summed E-state index contributed by atoms with van der Waals surface area (Å²) in [6, 6.07) is 15.1. The quantitative estimate of drug-likeness (QED) is 0.473. The van der Waals surface area contributed by atoms with Crippen LogP contribution in [0.1, 0.15) is 71.6 Å². The van der Waals surface area contributed by atoms with Gasteiger partial charge in [0, 0.05) is 18.3 Å². The Labute approximate surface area is 222 Å². The van der Waals surface area contributed by atoms with Gasteiger partial charge in [-0.2, -0.15) is 0 Å². The zero-order chi connectivity index (χ0) is 27.0. The number of anilines is 1. The van der Waals surface area contributed by atoms with Crippen molar-refractivity contribution in [2.75, 3.05) is 12.4 Å². The lowest BCUT2D eigenvalue weighted by Crippen LogP contribution is -2.64. The smallest absolute Gasteiger partial charge is 0.276 e. The van der Waals surface area contributed by atoms with Crippen LogP contribution in [0.4, 0.5) is 5.69 Å². The molecular weight excluding hydrogens is 482 g/mol. The summed E-state index contributed by atoms with van der Waals surface area (Å²) in [5.41, 5.74) is 1.89. The minimum absolute atomic E-state index is 0.0395. The Balaban J connectivity index is 1.36. The molecule has 9 nitrogen and oxygen atoms in total. The molecule has 0 radical (unpaired) electrons. The third-order valence-electron chi connectivity index (χ3n) is 7.33. The minimum Gasteiger partial charge on any atom is -0.497 e. The summed E-state index contributed by atoms with van der Waals surface area (Å²) in [6.07, 6.45) is 3.12. The molecule has 9 heteroatoms. The van der Waals surface area contributed by atoms with Crippen LogP contribution in [-0.4, -0.2) is 50.9 Å². The molecule has 1 saturated carbocycles. The van der Waals surface area contributed by atoms with Gasteiger partial charge in [-0.15, -0.1) is 0 Å². The lowest BCUT2D eigenvalue weighted by molar-refractivity contribution is -0.133. The number of benzene rings is 2. The van der Waals surface area contributed by atoms with Crippen molar-refractivity contribution in [3.8, 4) is 5.75 Å². The van der Waals surface area contributed by atoms with Crippen LogP contribution in [0.25, 0.3) is 0 Å². The van der Waals surface area contributed by atoms with Crippen LogP contribution in [0.5, 0.6) is 5.75 Å². The van der Waals surface area contributed by atoms with E-state index >= 15 is 0 Å². The molecule has 2 aromatic carbocycles. The van der Waals surface area contributed by atoms with Crippen LogP contribution in [0, 0.1) is 0 Å². The number of fused-ring (bicyclic) bond motifs is 1. The van der Waals surface area contributed by atoms with Crippen LogP contribution in [-0.2, 0) is 17.9 Å². The molecule has 1 aliphatic heterocycles. The average Bonchev–Trinajstić information content (AvgIpc) is 3.65. The second-order valence-corrected chi connectivity index (χ2v) is 10.5. The van der Waals surface area contributed by atoms with Gasteiger partial charge in [-0.3, -0.25) is 14.4 Å². The molecule has 3 amide bonds. The Hall–Kier alpha value is -4.14. The Morgan fingerprint density at radius 2 is 1.79 bits per heavy atom. The second-order valence-electron chi connectivity index (χ2n) is 10.5. The lowest BCUT2D eigenvalue weighted by Gasteiger charge is -2.44. The van der Waals surface area contributed by atoms with Crippen LogP contribution in [0.3, 0.4) is 0 Å².